The van der Waals surface area contributed by atoms with Crippen LogP contribution in [0.2, 0.25) is 0 Å². The molecule has 0 bridgehead atoms. The molecule has 2 heterocycles. The van der Waals surface area contributed by atoms with Crippen LogP contribution in [0.5, 0.6) is 0 Å². The van der Waals surface area contributed by atoms with Gasteiger partial charge in [0.25, 0.3) is 0 Å². The van der Waals surface area contributed by atoms with Gasteiger partial charge in [-0.1, -0.05) is 6.92 Å². The third-order valence-electron chi connectivity index (χ3n) is 2.95. The van der Waals surface area contributed by atoms with Crippen LogP contribution < -0.4 is 5.32 Å². The molecule has 2 rings (SSSR count). The van der Waals surface area contributed by atoms with Crippen LogP contribution in [0.15, 0.2) is 11.6 Å². The maximum absolute atomic E-state index is 4.40. The molecule has 16 heavy (non-hydrogen) atoms. The van der Waals surface area contributed by atoms with E-state index in [-0.39, 0.29) is 0 Å². The van der Waals surface area contributed by atoms with E-state index < -0.39 is 0 Å². The van der Waals surface area contributed by atoms with Crippen molar-refractivity contribution in [3.05, 3.63) is 16.6 Å². The van der Waals surface area contributed by atoms with Crippen molar-refractivity contribution in [3.8, 4) is 0 Å². The highest BCUT2D eigenvalue weighted by Crippen LogP contribution is 2.30. The number of hydrogen-bond acceptors (Lipinski definition) is 4. The summed E-state index contributed by atoms with van der Waals surface area (Å²) in [5, 5.41) is 7.85. The first-order chi connectivity index (χ1) is 7.90. The molecule has 90 valence electrons. The normalized spacial score (nSPS) is 22.4. The smallest absolute Gasteiger partial charge is 0.0940 e. The summed E-state index contributed by atoms with van der Waals surface area (Å²) in [5.41, 5.74) is 0. The van der Waals surface area contributed by atoms with Gasteiger partial charge in [-0.15, -0.1) is 11.3 Å². The van der Waals surface area contributed by atoms with Crippen LogP contribution in [0, 0.1) is 0 Å². The van der Waals surface area contributed by atoms with E-state index in [2.05, 4.69) is 34.4 Å². The number of thioether (sulfide) groups is 1. The summed E-state index contributed by atoms with van der Waals surface area (Å²) in [6.07, 6.45) is 6.99. The van der Waals surface area contributed by atoms with E-state index in [4.69, 9.17) is 0 Å². The number of thiazole rings is 1. The van der Waals surface area contributed by atoms with E-state index in [1.165, 1.54) is 30.0 Å². The second kappa shape index (κ2) is 6.62. The quantitative estimate of drug-likeness (QED) is 0.847. The molecule has 1 aromatic rings. The van der Waals surface area contributed by atoms with Crippen LogP contribution in [0.1, 0.15) is 31.2 Å². The minimum atomic E-state index is 0.624. The molecular formula is C12H20N2S2. The van der Waals surface area contributed by atoms with Gasteiger partial charge in [0.1, 0.15) is 0 Å². The maximum atomic E-state index is 4.40. The van der Waals surface area contributed by atoms with Crippen molar-refractivity contribution in [3.63, 3.8) is 0 Å². The summed E-state index contributed by atoms with van der Waals surface area (Å²) in [6.45, 7) is 3.36. The van der Waals surface area contributed by atoms with Gasteiger partial charge in [0, 0.05) is 29.3 Å². The van der Waals surface area contributed by atoms with Crippen LogP contribution >= 0.6 is 23.1 Å². The van der Waals surface area contributed by atoms with Gasteiger partial charge in [-0.2, -0.15) is 11.8 Å². The van der Waals surface area contributed by atoms with Crippen molar-refractivity contribution in [2.24, 2.45) is 0 Å². The van der Waals surface area contributed by atoms with Crippen molar-refractivity contribution < 1.29 is 0 Å². The molecular weight excluding hydrogens is 236 g/mol. The summed E-state index contributed by atoms with van der Waals surface area (Å²) in [5.74, 6) is 1.34. The molecule has 0 amide bonds. The van der Waals surface area contributed by atoms with Crippen LogP contribution in [-0.2, 0) is 6.42 Å². The van der Waals surface area contributed by atoms with Gasteiger partial charge >= 0.3 is 0 Å². The highest BCUT2D eigenvalue weighted by Gasteiger charge is 2.25. The molecule has 0 aromatic carbocycles. The Morgan fingerprint density at radius 1 is 1.62 bits per heavy atom. The van der Waals surface area contributed by atoms with E-state index in [0.29, 0.717) is 6.04 Å². The lowest BCUT2D eigenvalue weighted by molar-refractivity contribution is 0.481. The van der Waals surface area contributed by atoms with E-state index in [1.54, 1.807) is 11.3 Å². The van der Waals surface area contributed by atoms with Crippen LogP contribution in [0.4, 0.5) is 0 Å². The number of rotatable bonds is 6. The zero-order chi connectivity index (χ0) is 11.2. The molecule has 0 radical (unpaired) electrons. The fraction of sp³-hybridized carbons (Fsp3) is 0.750. The lowest BCUT2D eigenvalue weighted by atomic mass is 10.1. The number of aromatic nitrogens is 1. The van der Waals surface area contributed by atoms with E-state index in [0.717, 1.165) is 18.2 Å². The molecule has 2 unspecified atom stereocenters. The Labute approximate surface area is 106 Å². The van der Waals surface area contributed by atoms with Crippen molar-refractivity contribution in [2.75, 3.05) is 12.3 Å². The molecule has 0 spiro atoms. The zero-order valence-corrected chi connectivity index (χ0v) is 11.4. The highest BCUT2D eigenvalue weighted by atomic mass is 32.2. The van der Waals surface area contributed by atoms with Gasteiger partial charge in [0.2, 0.25) is 0 Å². The van der Waals surface area contributed by atoms with E-state index >= 15 is 0 Å². The fourth-order valence-electron chi connectivity index (χ4n) is 2.13. The molecule has 1 aromatic heterocycles. The van der Waals surface area contributed by atoms with Gasteiger partial charge in [-0.25, -0.2) is 4.98 Å². The Hall–Kier alpha value is -0.0600. The van der Waals surface area contributed by atoms with Crippen molar-refractivity contribution in [1.29, 1.82) is 0 Å². The molecule has 2 atom stereocenters. The summed E-state index contributed by atoms with van der Waals surface area (Å²) in [4.78, 5) is 4.40. The van der Waals surface area contributed by atoms with Gasteiger partial charge < -0.3 is 5.32 Å². The molecule has 2 nitrogen and oxygen atoms in total. The average molecular weight is 256 g/mol. The number of nitrogens with one attached hydrogen (secondary N) is 1. The van der Waals surface area contributed by atoms with Crippen LogP contribution in [0.25, 0.3) is 0 Å². The fourth-order valence-corrected chi connectivity index (χ4v) is 4.20. The third kappa shape index (κ3) is 3.47. The van der Waals surface area contributed by atoms with Gasteiger partial charge in [-0.05, 0) is 31.6 Å². The summed E-state index contributed by atoms with van der Waals surface area (Å²) in [7, 11) is 0. The summed E-state index contributed by atoms with van der Waals surface area (Å²) >= 11 is 3.92. The van der Waals surface area contributed by atoms with Gasteiger partial charge in [-0.3, -0.25) is 0 Å². The predicted molar refractivity (Wildman–Crippen MR) is 73.4 cm³/mol. The first-order valence-electron chi connectivity index (χ1n) is 6.13. The van der Waals surface area contributed by atoms with Gasteiger partial charge in [0.15, 0.2) is 0 Å². The second-order valence-corrected chi connectivity index (χ2v) is 6.57. The Morgan fingerprint density at radius 2 is 2.56 bits per heavy atom. The van der Waals surface area contributed by atoms with Gasteiger partial charge in [0.05, 0.1) is 5.01 Å². The Morgan fingerprint density at radius 3 is 3.19 bits per heavy atom. The summed E-state index contributed by atoms with van der Waals surface area (Å²) in [6, 6.07) is 0.624. The molecule has 1 aliphatic heterocycles. The molecule has 1 saturated heterocycles. The van der Waals surface area contributed by atoms with E-state index in [1.807, 2.05) is 6.20 Å². The Kier molecular flexibility index (Phi) is 5.13. The first kappa shape index (κ1) is 12.4. The standard InChI is InChI=1S/C12H20N2S2/c1-2-5-13-10(11-4-3-7-15-11)9-12-14-6-8-16-12/h6,8,10-11,13H,2-5,7,9H2,1H3. The molecule has 1 fully saturated rings. The number of nitrogens with zero attached hydrogens (tertiary/aromatic N) is 1. The van der Waals surface area contributed by atoms with Crippen LogP contribution in [-0.4, -0.2) is 28.6 Å². The SMILES string of the molecule is CCCNC(Cc1nccs1)C1CCCS1. The predicted octanol–water partition coefficient (Wildman–Crippen LogP) is 2.95. The lowest BCUT2D eigenvalue weighted by Gasteiger charge is -2.23. The Balaban J connectivity index is 1.90. The van der Waals surface area contributed by atoms with Crippen molar-refractivity contribution in [2.45, 2.75) is 43.9 Å². The monoisotopic (exact) mass is 256 g/mol. The zero-order valence-electron chi connectivity index (χ0n) is 9.82. The molecule has 1 N–H and O–H groups in total. The molecule has 4 heteroatoms. The number of hydrogen-bond donors (Lipinski definition) is 1. The van der Waals surface area contributed by atoms with Crippen molar-refractivity contribution >= 4 is 23.1 Å². The minimum absolute atomic E-state index is 0.624. The highest BCUT2D eigenvalue weighted by molar-refractivity contribution is 8.00. The van der Waals surface area contributed by atoms with E-state index in [9.17, 15) is 0 Å². The minimum Gasteiger partial charge on any atom is -0.312 e. The lowest BCUT2D eigenvalue weighted by Crippen LogP contribution is -2.39. The molecule has 0 aliphatic carbocycles. The second-order valence-electron chi connectivity index (χ2n) is 4.24. The van der Waals surface area contributed by atoms with Crippen molar-refractivity contribution in [1.82, 2.24) is 10.3 Å². The topological polar surface area (TPSA) is 24.9 Å². The third-order valence-corrected chi connectivity index (χ3v) is 5.27. The Bertz CT molecular complexity index is 281. The van der Waals surface area contributed by atoms with Crippen LogP contribution in [0.3, 0.4) is 0 Å². The first-order valence-corrected chi connectivity index (χ1v) is 8.06. The average Bonchev–Trinajstić information content (AvgIpc) is 2.96. The largest absolute Gasteiger partial charge is 0.312 e. The molecule has 0 saturated carbocycles. The summed E-state index contributed by atoms with van der Waals surface area (Å²) < 4.78 is 0. The molecule has 1 aliphatic rings. The maximum Gasteiger partial charge on any atom is 0.0940 e.